The second-order valence-electron chi connectivity index (χ2n) is 16.5. The van der Waals surface area contributed by atoms with E-state index in [2.05, 4.69) is 264 Å². The lowest BCUT2D eigenvalue weighted by Gasteiger charge is -2.34. The van der Waals surface area contributed by atoms with Crippen molar-refractivity contribution in [3.63, 3.8) is 0 Å². The van der Waals surface area contributed by atoms with Gasteiger partial charge in [-0.05, 0) is 79.9 Å². The zero-order chi connectivity index (χ0) is 41.7. The van der Waals surface area contributed by atoms with Crippen LogP contribution in [0.1, 0.15) is 0 Å². The van der Waals surface area contributed by atoms with Gasteiger partial charge in [0.15, 0.2) is 8.07 Å². The van der Waals surface area contributed by atoms with Gasteiger partial charge in [-0.2, -0.15) is 0 Å². The van der Waals surface area contributed by atoms with Crippen molar-refractivity contribution in [2.45, 2.75) is 0 Å². The number of aromatic nitrogens is 2. The van der Waals surface area contributed by atoms with Crippen LogP contribution in [-0.2, 0) is 0 Å². The zero-order valence-corrected chi connectivity index (χ0v) is 35.6. The Morgan fingerprint density at radius 3 is 1.29 bits per heavy atom. The Hall–Kier alpha value is -7.98. The Bertz CT molecular complexity index is 3500. The maximum Gasteiger partial charge on any atom is 0.179 e. The molecule has 0 aliphatic rings. The Morgan fingerprint density at radius 1 is 0.254 bits per heavy atom. The van der Waals surface area contributed by atoms with Gasteiger partial charge in [0.1, 0.15) is 0 Å². The quantitative estimate of drug-likeness (QED) is 0.107. The molecule has 0 N–H and O–H groups in total. The van der Waals surface area contributed by atoms with Crippen LogP contribution < -0.4 is 20.7 Å². The van der Waals surface area contributed by atoms with Crippen molar-refractivity contribution in [2.24, 2.45) is 0 Å². The highest BCUT2D eigenvalue weighted by molar-refractivity contribution is 7.20. The molecule has 2 aromatic heterocycles. The minimum absolute atomic E-state index is 1.14. The molecule has 12 aromatic rings. The van der Waals surface area contributed by atoms with Gasteiger partial charge in [0.05, 0.1) is 27.8 Å². The summed E-state index contributed by atoms with van der Waals surface area (Å²) in [6.07, 6.45) is 0. The average Bonchev–Trinajstić information content (AvgIpc) is 3.88. The number of fused-ring (bicyclic) bond motifs is 6. The van der Waals surface area contributed by atoms with Gasteiger partial charge in [-0.25, -0.2) is 0 Å². The highest BCUT2D eigenvalue weighted by Gasteiger charge is 2.41. The maximum absolute atomic E-state index is 2.74. The van der Waals surface area contributed by atoms with Crippen molar-refractivity contribution < 1.29 is 0 Å². The Morgan fingerprint density at radius 2 is 0.698 bits per heavy atom. The zero-order valence-electron chi connectivity index (χ0n) is 34.6. The second-order valence-corrected chi connectivity index (χ2v) is 20.3. The van der Waals surface area contributed by atoms with Gasteiger partial charge in [-0.15, -0.1) is 0 Å². The molecule has 0 aliphatic heterocycles. The fraction of sp³-hybridized carbons (Fsp3) is 0. The van der Waals surface area contributed by atoms with Gasteiger partial charge in [0.25, 0.3) is 0 Å². The summed E-state index contributed by atoms with van der Waals surface area (Å²) in [6.45, 7) is 0. The van der Waals surface area contributed by atoms with E-state index in [9.17, 15) is 0 Å². The van der Waals surface area contributed by atoms with Crippen LogP contribution in [0.2, 0.25) is 0 Å². The van der Waals surface area contributed by atoms with Crippen molar-refractivity contribution in [3.05, 3.63) is 255 Å². The minimum atomic E-state index is -2.74. The average molecular weight is 819 g/mol. The Labute approximate surface area is 368 Å². The monoisotopic (exact) mass is 818 g/mol. The normalized spacial score (nSPS) is 11.8. The minimum Gasteiger partial charge on any atom is -0.309 e. The number of para-hydroxylation sites is 2. The van der Waals surface area contributed by atoms with E-state index in [0.717, 1.165) is 11.4 Å². The SMILES string of the molecule is c1ccc(-c2ccc(-c3ccccc3)c(-n3c4ccccc4c4cc(-n5c6ccccc6c6cc([Si](c7ccccc7)(c7ccccc7)c7ccccc7)ccc65)ccc43)c2)cc1. The standard InChI is InChI=1S/C60H42N2Si/c1-6-20-43(21-7-1)45-34-37-51(44-22-8-2-9-23-44)60(40-45)62-57-33-19-17-30-52(57)54-41-46(35-38-59(54)62)61-56-32-18-16-31-53(56)55-42-50(36-39-58(55)61)63(47-24-10-3-11-25-47,48-26-12-4-13-27-48)49-28-14-5-15-29-49/h1-42H. The molecule has 0 spiro atoms. The van der Waals surface area contributed by atoms with Gasteiger partial charge in [0, 0.05) is 32.8 Å². The molecule has 0 saturated carbocycles. The summed E-state index contributed by atoms with van der Waals surface area (Å²) in [6, 6.07) is 94.2. The fourth-order valence-electron chi connectivity index (χ4n) is 10.3. The van der Waals surface area contributed by atoms with Gasteiger partial charge in [-0.1, -0.05) is 212 Å². The van der Waals surface area contributed by atoms with Crippen molar-refractivity contribution in [1.82, 2.24) is 9.13 Å². The molecule has 296 valence electrons. The molecule has 3 heteroatoms. The van der Waals surface area contributed by atoms with Crippen LogP contribution in [0.4, 0.5) is 0 Å². The number of hydrogen-bond donors (Lipinski definition) is 0. The summed E-state index contributed by atoms with van der Waals surface area (Å²) < 4.78 is 4.95. The molecule has 2 nitrogen and oxygen atoms in total. The van der Waals surface area contributed by atoms with Crippen LogP contribution in [0.3, 0.4) is 0 Å². The predicted octanol–water partition coefficient (Wildman–Crippen LogP) is 12.6. The molecular formula is C60H42N2Si. The lowest BCUT2D eigenvalue weighted by atomic mass is 9.98. The molecule has 63 heavy (non-hydrogen) atoms. The van der Waals surface area contributed by atoms with Gasteiger partial charge in [0.2, 0.25) is 0 Å². The number of benzene rings is 10. The van der Waals surface area contributed by atoms with Crippen LogP contribution in [0, 0.1) is 0 Å². The van der Waals surface area contributed by atoms with E-state index in [1.165, 1.54) is 86.6 Å². The van der Waals surface area contributed by atoms with E-state index in [4.69, 9.17) is 0 Å². The topological polar surface area (TPSA) is 9.86 Å². The first-order chi connectivity index (χ1) is 31.3. The van der Waals surface area contributed by atoms with E-state index >= 15 is 0 Å². The molecule has 0 aliphatic carbocycles. The molecule has 0 atom stereocenters. The third-order valence-electron chi connectivity index (χ3n) is 13.1. The third kappa shape index (κ3) is 5.93. The molecule has 0 bridgehead atoms. The summed E-state index contributed by atoms with van der Waals surface area (Å²) in [5.74, 6) is 0. The first-order valence-corrected chi connectivity index (χ1v) is 23.8. The summed E-state index contributed by atoms with van der Waals surface area (Å²) in [5.41, 5.74) is 11.8. The molecule has 0 saturated heterocycles. The largest absolute Gasteiger partial charge is 0.309 e. The van der Waals surface area contributed by atoms with E-state index < -0.39 is 8.07 Å². The fourth-order valence-corrected chi connectivity index (χ4v) is 15.1. The highest BCUT2D eigenvalue weighted by atomic mass is 28.3. The number of rotatable bonds is 8. The lowest BCUT2D eigenvalue weighted by molar-refractivity contribution is 1.17. The summed E-state index contributed by atoms with van der Waals surface area (Å²) in [5, 5.41) is 10.4. The maximum atomic E-state index is 2.52. The first kappa shape index (κ1) is 36.8. The Balaban J connectivity index is 1.09. The first-order valence-electron chi connectivity index (χ1n) is 21.8. The van der Waals surface area contributed by atoms with Gasteiger partial charge >= 0.3 is 0 Å². The molecule has 0 fully saturated rings. The van der Waals surface area contributed by atoms with Crippen LogP contribution >= 0.6 is 0 Å². The van der Waals surface area contributed by atoms with Crippen molar-refractivity contribution in [3.8, 4) is 33.6 Å². The van der Waals surface area contributed by atoms with Gasteiger partial charge < -0.3 is 9.13 Å². The van der Waals surface area contributed by atoms with E-state index in [0.29, 0.717) is 0 Å². The van der Waals surface area contributed by atoms with Crippen LogP contribution in [0.15, 0.2) is 255 Å². The number of nitrogens with zero attached hydrogens (tertiary/aromatic N) is 2. The molecular weight excluding hydrogens is 777 g/mol. The summed E-state index contributed by atoms with van der Waals surface area (Å²) in [4.78, 5) is 0. The number of hydrogen-bond acceptors (Lipinski definition) is 0. The molecule has 0 unspecified atom stereocenters. The van der Waals surface area contributed by atoms with Crippen LogP contribution in [-0.4, -0.2) is 17.2 Å². The highest BCUT2D eigenvalue weighted by Crippen LogP contribution is 2.40. The molecule has 0 amide bonds. The summed E-state index contributed by atoms with van der Waals surface area (Å²) in [7, 11) is -2.74. The van der Waals surface area contributed by atoms with E-state index in [-0.39, 0.29) is 0 Å². The Kier molecular flexibility index (Phi) is 8.87. The van der Waals surface area contributed by atoms with E-state index in [1.807, 2.05) is 0 Å². The summed E-state index contributed by atoms with van der Waals surface area (Å²) >= 11 is 0. The van der Waals surface area contributed by atoms with E-state index in [1.54, 1.807) is 0 Å². The molecule has 10 aromatic carbocycles. The molecule has 2 heterocycles. The van der Waals surface area contributed by atoms with Crippen LogP contribution in [0.25, 0.3) is 77.2 Å². The van der Waals surface area contributed by atoms with Crippen molar-refractivity contribution in [1.29, 1.82) is 0 Å². The second kappa shape index (κ2) is 15.2. The van der Waals surface area contributed by atoms with Crippen molar-refractivity contribution >= 4 is 72.4 Å². The molecule has 12 rings (SSSR count). The molecule has 0 radical (unpaired) electrons. The van der Waals surface area contributed by atoms with Crippen molar-refractivity contribution in [2.75, 3.05) is 0 Å². The predicted molar refractivity (Wildman–Crippen MR) is 270 cm³/mol. The van der Waals surface area contributed by atoms with Crippen LogP contribution in [0.5, 0.6) is 0 Å². The van der Waals surface area contributed by atoms with Gasteiger partial charge in [-0.3, -0.25) is 0 Å². The smallest absolute Gasteiger partial charge is 0.179 e. The lowest BCUT2D eigenvalue weighted by Crippen LogP contribution is -2.74. The third-order valence-corrected chi connectivity index (χ3v) is 17.8.